The van der Waals surface area contributed by atoms with Crippen LogP contribution in [0.4, 0.5) is 0 Å². The Kier molecular flexibility index (Phi) is 6.47. The van der Waals surface area contributed by atoms with E-state index in [0.717, 1.165) is 57.6 Å². The highest BCUT2D eigenvalue weighted by Gasteiger charge is 2.36. The molecule has 168 valence electrons. The Bertz CT molecular complexity index is 847. The third-order valence-electron chi connectivity index (χ3n) is 6.60. The maximum absolute atomic E-state index is 12.8. The average molecular weight is 440 g/mol. The Hall–Kier alpha value is -1.49. The summed E-state index contributed by atoms with van der Waals surface area (Å²) in [5, 5.41) is 7.21. The van der Waals surface area contributed by atoms with E-state index in [1.807, 2.05) is 13.1 Å². The fourth-order valence-electron chi connectivity index (χ4n) is 4.57. The summed E-state index contributed by atoms with van der Waals surface area (Å²) in [4.78, 5) is 17.0. The zero-order valence-corrected chi connectivity index (χ0v) is 18.7. The number of hydrogen-bond acceptors (Lipinski definition) is 6. The monoisotopic (exact) mass is 439 g/mol. The van der Waals surface area contributed by atoms with Crippen LogP contribution < -0.4 is 0 Å². The number of aromatic amines is 1. The molecular formula is C20H33N5O4S. The first-order valence-corrected chi connectivity index (χ1v) is 12.8. The second-order valence-corrected chi connectivity index (χ2v) is 10.8. The van der Waals surface area contributed by atoms with E-state index in [-0.39, 0.29) is 11.9 Å². The van der Waals surface area contributed by atoms with Crippen molar-refractivity contribution in [2.24, 2.45) is 0 Å². The summed E-state index contributed by atoms with van der Waals surface area (Å²) in [6, 6.07) is 2.42. The number of rotatable bonds is 8. The van der Waals surface area contributed by atoms with Gasteiger partial charge in [-0.05, 0) is 38.2 Å². The molecule has 1 amide bonds. The van der Waals surface area contributed by atoms with E-state index in [4.69, 9.17) is 4.74 Å². The number of amides is 1. The van der Waals surface area contributed by atoms with Gasteiger partial charge in [0.05, 0.1) is 6.26 Å². The van der Waals surface area contributed by atoms with Gasteiger partial charge in [-0.15, -0.1) is 0 Å². The van der Waals surface area contributed by atoms with Gasteiger partial charge in [0.1, 0.15) is 5.69 Å². The van der Waals surface area contributed by atoms with Gasteiger partial charge in [0.25, 0.3) is 5.91 Å². The van der Waals surface area contributed by atoms with Crippen LogP contribution >= 0.6 is 0 Å². The molecule has 4 rings (SSSR count). The first-order valence-electron chi connectivity index (χ1n) is 10.9. The van der Waals surface area contributed by atoms with Crippen LogP contribution in [0.5, 0.6) is 0 Å². The minimum Gasteiger partial charge on any atom is -0.381 e. The maximum Gasteiger partial charge on any atom is 0.274 e. The number of nitrogens with one attached hydrogen (secondary N) is 1. The van der Waals surface area contributed by atoms with Crippen molar-refractivity contribution in [2.45, 2.75) is 50.1 Å². The molecule has 1 atom stereocenters. The molecule has 9 nitrogen and oxygen atoms in total. The van der Waals surface area contributed by atoms with Gasteiger partial charge < -0.3 is 9.64 Å². The average Bonchev–Trinajstić information content (AvgIpc) is 3.24. The number of carbonyl (C=O) groups excluding carboxylic acids is 1. The molecule has 10 heteroatoms. The van der Waals surface area contributed by atoms with Gasteiger partial charge >= 0.3 is 0 Å². The van der Waals surface area contributed by atoms with Crippen molar-refractivity contribution in [1.82, 2.24) is 24.3 Å². The Morgan fingerprint density at radius 2 is 1.93 bits per heavy atom. The van der Waals surface area contributed by atoms with E-state index in [1.165, 1.54) is 6.26 Å². The van der Waals surface area contributed by atoms with Crippen molar-refractivity contribution in [1.29, 1.82) is 0 Å². The zero-order chi connectivity index (χ0) is 21.3. The van der Waals surface area contributed by atoms with Crippen LogP contribution in [0.2, 0.25) is 0 Å². The van der Waals surface area contributed by atoms with Crippen LogP contribution in [0.3, 0.4) is 0 Å². The van der Waals surface area contributed by atoms with Gasteiger partial charge in [-0.3, -0.25) is 14.8 Å². The number of nitrogens with zero attached hydrogens (tertiary/aromatic N) is 4. The largest absolute Gasteiger partial charge is 0.381 e. The molecule has 0 aromatic carbocycles. The number of sulfonamides is 1. The molecule has 2 saturated heterocycles. The lowest BCUT2D eigenvalue weighted by Crippen LogP contribution is -2.50. The summed E-state index contributed by atoms with van der Waals surface area (Å²) >= 11 is 0. The fraction of sp³-hybridized carbons (Fsp3) is 0.800. The number of likely N-dealkylation sites (N-methyl/N-ethyl adjacent to an activating group) is 1. The number of H-pyrrole nitrogens is 1. The van der Waals surface area contributed by atoms with Crippen LogP contribution in [0.25, 0.3) is 0 Å². The van der Waals surface area contributed by atoms with Gasteiger partial charge in [-0.25, -0.2) is 12.7 Å². The predicted octanol–water partition coefficient (Wildman–Crippen LogP) is 0.874. The summed E-state index contributed by atoms with van der Waals surface area (Å²) in [6.07, 6.45) is 6.32. The van der Waals surface area contributed by atoms with Crippen LogP contribution in [0, 0.1) is 0 Å². The van der Waals surface area contributed by atoms with Gasteiger partial charge in [-0.2, -0.15) is 5.10 Å². The molecule has 0 radical (unpaired) electrons. The summed E-state index contributed by atoms with van der Waals surface area (Å²) in [6.45, 7) is 3.85. The van der Waals surface area contributed by atoms with E-state index in [2.05, 4.69) is 15.1 Å². The third kappa shape index (κ3) is 5.04. The van der Waals surface area contributed by atoms with E-state index < -0.39 is 10.0 Å². The maximum atomic E-state index is 12.8. The number of aromatic nitrogens is 2. The van der Waals surface area contributed by atoms with E-state index in [0.29, 0.717) is 37.3 Å². The number of ether oxygens (including phenoxy) is 1. The Morgan fingerprint density at radius 1 is 1.20 bits per heavy atom. The minimum absolute atomic E-state index is 0.0748. The van der Waals surface area contributed by atoms with E-state index in [9.17, 15) is 13.2 Å². The normalized spacial score (nSPS) is 23.9. The highest BCUT2D eigenvalue weighted by atomic mass is 32.2. The highest BCUT2D eigenvalue weighted by molar-refractivity contribution is 7.88. The molecule has 3 aliphatic rings. The van der Waals surface area contributed by atoms with Crippen LogP contribution in [-0.4, -0.2) is 103 Å². The van der Waals surface area contributed by atoms with E-state index in [1.54, 1.807) is 9.21 Å². The lowest BCUT2D eigenvalue weighted by molar-refractivity contribution is 0.0157. The van der Waals surface area contributed by atoms with Gasteiger partial charge in [0.15, 0.2) is 0 Å². The lowest BCUT2D eigenvalue weighted by Gasteiger charge is -2.39. The van der Waals surface area contributed by atoms with Crippen molar-refractivity contribution >= 4 is 15.9 Å². The summed E-state index contributed by atoms with van der Waals surface area (Å²) in [7, 11) is -1.36. The smallest absolute Gasteiger partial charge is 0.274 e. The van der Waals surface area contributed by atoms with Crippen LogP contribution in [-0.2, 0) is 14.8 Å². The summed E-state index contributed by atoms with van der Waals surface area (Å²) in [5.41, 5.74) is 1.53. The summed E-state index contributed by atoms with van der Waals surface area (Å²) in [5.74, 6) is 0.461. The molecule has 0 bridgehead atoms. The van der Waals surface area contributed by atoms with Crippen molar-refractivity contribution < 1.29 is 17.9 Å². The minimum atomic E-state index is -3.17. The van der Waals surface area contributed by atoms with Gasteiger partial charge in [0, 0.05) is 70.1 Å². The fourth-order valence-corrected chi connectivity index (χ4v) is 5.45. The molecule has 3 heterocycles. The molecule has 1 unspecified atom stereocenters. The molecule has 1 aromatic rings. The molecule has 1 N–H and O–H groups in total. The van der Waals surface area contributed by atoms with Crippen molar-refractivity contribution in [3.05, 3.63) is 17.5 Å². The molecule has 30 heavy (non-hydrogen) atoms. The first kappa shape index (κ1) is 21.7. The molecule has 3 fully saturated rings. The molecule has 0 spiro atoms. The second kappa shape index (κ2) is 8.94. The van der Waals surface area contributed by atoms with Gasteiger partial charge in [-0.1, -0.05) is 0 Å². The van der Waals surface area contributed by atoms with Gasteiger partial charge in [0.2, 0.25) is 10.0 Å². The standard InChI is InChI=1S/C20H33N5O4S/c1-23(20(26)19-13-18(21-22-19)15-3-4-15)9-10-25(16-6-11-29-12-7-16)17-5-8-24(14-17)30(2,27)28/h13,15-17H,3-12,14H2,1-2H3,(H,21,22). The van der Waals surface area contributed by atoms with Crippen molar-refractivity contribution in [2.75, 3.05) is 52.7 Å². The second-order valence-electron chi connectivity index (χ2n) is 8.85. The SMILES string of the molecule is CN(CCN(C1CCOCC1)C1CCN(S(C)(=O)=O)C1)C(=O)c1cc(C2CC2)[nH]n1. The topological polar surface area (TPSA) is 98.8 Å². The Balaban J connectivity index is 1.38. The highest BCUT2D eigenvalue weighted by Crippen LogP contribution is 2.39. The molecule has 2 aliphatic heterocycles. The number of hydrogen-bond donors (Lipinski definition) is 1. The first-order chi connectivity index (χ1) is 14.3. The zero-order valence-electron chi connectivity index (χ0n) is 17.9. The number of carbonyl (C=O) groups is 1. The molecule has 1 aliphatic carbocycles. The van der Waals surface area contributed by atoms with Crippen LogP contribution in [0.1, 0.15) is 54.2 Å². The van der Waals surface area contributed by atoms with E-state index >= 15 is 0 Å². The van der Waals surface area contributed by atoms with Crippen molar-refractivity contribution in [3.63, 3.8) is 0 Å². The molecule has 1 aromatic heterocycles. The summed E-state index contributed by atoms with van der Waals surface area (Å²) < 4.78 is 31.0. The molecular weight excluding hydrogens is 406 g/mol. The Morgan fingerprint density at radius 3 is 2.57 bits per heavy atom. The quantitative estimate of drug-likeness (QED) is 0.646. The van der Waals surface area contributed by atoms with Crippen molar-refractivity contribution in [3.8, 4) is 0 Å². The Labute approximate surface area is 178 Å². The predicted molar refractivity (Wildman–Crippen MR) is 113 cm³/mol. The third-order valence-corrected chi connectivity index (χ3v) is 7.87. The molecule has 1 saturated carbocycles. The van der Waals surface area contributed by atoms with Crippen LogP contribution in [0.15, 0.2) is 6.07 Å². The lowest BCUT2D eigenvalue weighted by atomic mass is 10.0.